The van der Waals surface area contributed by atoms with E-state index in [1.807, 2.05) is 32.0 Å². The number of hydrogen-bond acceptors (Lipinski definition) is 2. The maximum atomic E-state index is 11.9. The largest absolute Gasteiger partial charge is 0.271 e. The van der Waals surface area contributed by atoms with E-state index in [0.717, 1.165) is 17.0 Å². The third-order valence-corrected chi connectivity index (χ3v) is 2.72. The van der Waals surface area contributed by atoms with E-state index in [1.54, 1.807) is 18.2 Å². The molecule has 0 spiro atoms. The Hall–Kier alpha value is -1.87. The van der Waals surface area contributed by atoms with Gasteiger partial charge in [0, 0.05) is 16.8 Å². The first-order chi connectivity index (χ1) is 8.56. The van der Waals surface area contributed by atoms with E-state index in [-0.39, 0.29) is 5.91 Å². The van der Waals surface area contributed by atoms with Crippen LogP contribution < -0.4 is 0 Å². The van der Waals surface area contributed by atoms with Crippen molar-refractivity contribution in [1.82, 2.24) is 9.78 Å². The summed E-state index contributed by atoms with van der Waals surface area (Å²) in [4.78, 5) is 11.9. The van der Waals surface area contributed by atoms with Gasteiger partial charge in [0.25, 0.3) is 5.91 Å². The summed E-state index contributed by atoms with van der Waals surface area (Å²) in [7, 11) is 0. The van der Waals surface area contributed by atoms with Crippen molar-refractivity contribution in [1.29, 1.82) is 0 Å². The first-order valence-corrected chi connectivity index (χ1v) is 5.95. The van der Waals surface area contributed by atoms with Crippen LogP contribution in [0.25, 0.3) is 6.08 Å². The summed E-state index contributed by atoms with van der Waals surface area (Å²) in [6.07, 6.45) is 3.22. The van der Waals surface area contributed by atoms with Crippen molar-refractivity contribution in [2.24, 2.45) is 0 Å². The van der Waals surface area contributed by atoms with Gasteiger partial charge in [-0.25, -0.2) is 4.68 Å². The molecule has 2 rings (SSSR count). The molecule has 0 amide bonds. The van der Waals surface area contributed by atoms with Gasteiger partial charge in [0.05, 0.1) is 5.69 Å². The van der Waals surface area contributed by atoms with Gasteiger partial charge in [-0.15, -0.1) is 0 Å². The van der Waals surface area contributed by atoms with E-state index in [0.29, 0.717) is 5.02 Å². The highest BCUT2D eigenvalue weighted by Gasteiger charge is 2.06. The number of nitrogens with zero attached hydrogens (tertiary/aromatic N) is 2. The Bertz CT molecular complexity index is 614. The summed E-state index contributed by atoms with van der Waals surface area (Å²) >= 11 is 5.87. The van der Waals surface area contributed by atoms with Gasteiger partial charge in [0.2, 0.25) is 0 Å². The van der Waals surface area contributed by atoms with Crippen LogP contribution in [0.1, 0.15) is 21.7 Å². The topological polar surface area (TPSA) is 34.9 Å². The summed E-state index contributed by atoms with van der Waals surface area (Å²) in [5.74, 6) is -0.166. The Labute approximate surface area is 111 Å². The van der Waals surface area contributed by atoms with Crippen molar-refractivity contribution in [2.75, 3.05) is 0 Å². The lowest BCUT2D eigenvalue weighted by atomic mass is 10.2. The van der Waals surface area contributed by atoms with Crippen molar-refractivity contribution in [3.63, 3.8) is 0 Å². The number of benzene rings is 1. The highest BCUT2D eigenvalue weighted by molar-refractivity contribution is 6.30. The minimum atomic E-state index is -0.166. The zero-order valence-corrected chi connectivity index (χ0v) is 11.0. The second kappa shape index (κ2) is 5.19. The van der Waals surface area contributed by atoms with E-state index < -0.39 is 0 Å². The van der Waals surface area contributed by atoms with E-state index >= 15 is 0 Å². The maximum absolute atomic E-state index is 11.9. The fourth-order valence-corrected chi connectivity index (χ4v) is 1.90. The van der Waals surface area contributed by atoms with Gasteiger partial charge in [-0.05, 0) is 43.7 Å². The number of allylic oxidation sites excluding steroid dienone is 1. The van der Waals surface area contributed by atoms with E-state index in [2.05, 4.69) is 5.10 Å². The summed E-state index contributed by atoms with van der Waals surface area (Å²) in [5.41, 5.74) is 2.54. The molecule has 0 aliphatic rings. The molecule has 1 aromatic heterocycles. The van der Waals surface area contributed by atoms with Crippen LogP contribution in [-0.2, 0) is 0 Å². The van der Waals surface area contributed by atoms with E-state index in [1.165, 1.54) is 10.8 Å². The molecule has 0 atom stereocenters. The molecule has 1 aromatic carbocycles. The molecule has 0 fully saturated rings. The molecular weight excluding hydrogens is 248 g/mol. The second-order valence-electron chi connectivity index (χ2n) is 4.07. The van der Waals surface area contributed by atoms with Crippen molar-refractivity contribution in [3.05, 3.63) is 58.4 Å². The van der Waals surface area contributed by atoms with Gasteiger partial charge in [-0.3, -0.25) is 4.79 Å². The third kappa shape index (κ3) is 2.87. The molecule has 0 aliphatic heterocycles. The Morgan fingerprint density at radius 1 is 1.33 bits per heavy atom. The lowest BCUT2D eigenvalue weighted by molar-refractivity contribution is 0.0952. The fraction of sp³-hybridized carbons (Fsp3) is 0.143. The van der Waals surface area contributed by atoms with E-state index in [4.69, 9.17) is 11.6 Å². The predicted octanol–water partition coefficient (Wildman–Crippen LogP) is 3.51. The molecule has 18 heavy (non-hydrogen) atoms. The first-order valence-electron chi connectivity index (χ1n) is 5.57. The summed E-state index contributed by atoms with van der Waals surface area (Å²) in [5, 5.41) is 4.78. The van der Waals surface area contributed by atoms with Gasteiger partial charge in [-0.2, -0.15) is 5.10 Å². The van der Waals surface area contributed by atoms with E-state index in [9.17, 15) is 4.79 Å². The summed E-state index contributed by atoms with van der Waals surface area (Å²) in [6.45, 7) is 3.71. The molecule has 1 heterocycles. The van der Waals surface area contributed by atoms with Gasteiger partial charge < -0.3 is 0 Å². The summed E-state index contributed by atoms with van der Waals surface area (Å²) < 4.78 is 1.39. The molecule has 3 nitrogen and oxygen atoms in total. The number of aromatic nitrogens is 2. The molecule has 92 valence electrons. The number of halogens is 1. The fourth-order valence-electron chi connectivity index (χ4n) is 1.70. The van der Waals surface area contributed by atoms with Crippen LogP contribution in [0.5, 0.6) is 0 Å². The predicted molar refractivity (Wildman–Crippen MR) is 72.8 cm³/mol. The molecule has 0 saturated carbocycles. The van der Waals surface area contributed by atoms with Crippen LogP contribution in [0.15, 0.2) is 36.4 Å². The number of hydrogen-bond donors (Lipinski definition) is 0. The van der Waals surface area contributed by atoms with Gasteiger partial charge in [0.1, 0.15) is 0 Å². The van der Waals surface area contributed by atoms with Gasteiger partial charge >= 0.3 is 0 Å². The highest BCUT2D eigenvalue weighted by Crippen LogP contribution is 2.12. The maximum Gasteiger partial charge on any atom is 0.271 e. The van der Waals surface area contributed by atoms with Crippen LogP contribution in [0.4, 0.5) is 0 Å². The van der Waals surface area contributed by atoms with Crippen LogP contribution in [0.2, 0.25) is 5.02 Å². The number of carbonyl (C=O) groups is 1. The van der Waals surface area contributed by atoms with Crippen LogP contribution in [0.3, 0.4) is 0 Å². The van der Waals surface area contributed by atoms with Gasteiger partial charge in [-0.1, -0.05) is 23.7 Å². The standard InChI is InChI=1S/C14H13ClN2O/c1-10-8-11(2)17(16-10)14(18)7-6-12-4-3-5-13(15)9-12/h3-9H,1-2H3. The van der Waals surface area contributed by atoms with Crippen molar-refractivity contribution in [3.8, 4) is 0 Å². The molecule has 0 radical (unpaired) electrons. The Morgan fingerprint density at radius 3 is 2.72 bits per heavy atom. The lowest BCUT2D eigenvalue weighted by Gasteiger charge is -1.98. The van der Waals surface area contributed by atoms with Crippen LogP contribution >= 0.6 is 11.6 Å². The van der Waals surface area contributed by atoms with Crippen molar-refractivity contribution >= 4 is 23.6 Å². The molecule has 0 unspecified atom stereocenters. The molecule has 2 aromatic rings. The van der Waals surface area contributed by atoms with Crippen LogP contribution in [0, 0.1) is 13.8 Å². The Morgan fingerprint density at radius 2 is 2.11 bits per heavy atom. The summed E-state index contributed by atoms with van der Waals surface area (Å²) in [6, 6.07) is 9.19. The van der Waals surface area contributed by atoms with Crippen LogP contribution in [-0.4, -0.2) is 15.7 Å². The number of rotatable bonds is 2. The lowest BCUT2D eigenvalue weighted by Crippen LogP contribution is -2.10. The molecule has 0 aliphatic carbocycles. The SMILES string of the molecule is Cc1cc(C)n(C(=O)C=Cc2cccc(Cl)c2)n1. The quantitative estimate of drug-likeness (QED) is 0.775. The zero-order chi connectivity index (χ0) is 13.1. The smallest absolute Gasteiger partial charge is 0.267 e. The molecule has 0 saturated heterocycles. The molecule has 0 bridgehead atoms. The molecule has 4 heteroatoms. The third-order valence-electron chi connectivity index (χ3n) is 2.49. The monoisotopic (exact) mass is 260 g/mol. The van der Waals surface area contributed by atoms with Gasteiger partial charge in [0.15, 0.2) is 0 Å². The van der Waals surface area contributed by atoms with Crippen molar-refractivity contribution < 1.29 is 4.79 Å². The number of carbonyl (C=O) groups excluding carboxylic acids is 1. The minimum absolute atomic E-state index is 0.166. The number of aryl methyl sites for hydroxylation is 2. The Kier molecular flexibility index (Phi) is 3.63. The second-order valence-corrected chi connectivity index (χ2v) is 4.50. The minimum Gasteiger partial charge on any atom is -0.267 e. The molecular formula is C14H13ClN2O. The Balaban J connectivity index is 2.19. The average Bonchev–Trinajstić information content (AvgIpc) is 2.66. The highest BCUT2D eigenvalue weighted by atomic mass is 35.5. The molecule has 0 N–H and O–H groups in total. The normalized spacial score (nSPS) is 11.1. The zero-order valence-electron chi connectivity index (χ0n) is 10.2. The average molecular weight is 261 g/mol. The van der Waals surface area contributed by atoms with Crippen molar-refractivity contribution in [2.45, 2.75) is 13.8 Å². The first kappa shape index (κ1) is 12.6.